The number of nitrogens with zero attached hydrogens (tertiary/aromatic N) is 1. The van der Waals surface area contributed by atoms with E-state index in [9.17, 15) is 0 Å². The van der Waals surface area contributed by atoms with Crippen molar-refractivity contribution < 1.29 is 4.74 Å². The second-order valence-electron chi connectivity index (χ2n) is 3.73. The van der Waals surface area contributed by atoms with Crippen LogP contribution in [0.25, 0.3) is 0 Å². The maximum absolute atomic E-state index is 5.90. The number of anilines is 1. The number of aromatic nitrogens is 1. The Morgan fingerprint density at radius 3 is 2.88 bits per heavy atom. The zero-order valence-electron chi connectivity index (χ0n) is 9.43. The molecule has 0 spiro atoms. The molecule has 3 nitrogen and oxygen atoms in total. The molecule has 0 bridgehead atoms. The van der Waals surface area contributed by atoms with Crippen LogP contribution in [0.15, 0.2) is 42.7 Å². The molecule has 0 saturated heterocycles. The van der Waals surface area contributed by atoms with Crippen LogP contribution in [0, 0.1) is 0 Å². The lowest BCUT2D eigenvalue weighted by atomic mass is 10.2. The number of nitrogen functional groups attached to an aromatic ring is 1. The van der Waals surface area contributed by atoms with Gasteiger partial charge in [-0.1, -0.05) is 17.7 Å². The summed E-state index contributed by atoms with van der Waals surface area (Å²) in [6, 6.07) is 9.00. The Labute approximate surface area is 105 Å². The summed E-state index contributed by atoms with van der Waals surface area (Å²) < 4.78 is 5.76. The average molecular weight is 249 g/mol. The van der Waals surface area contributed by atoms with E-state index in [1.165, 1.54) is 0 Å². The summed E-state index contributed by atoms with van der Waals surface area (Å²) in [6.45, 7) is 1.94. The molecule has 1 unspecified atom stereocenters. The topological polar surface area (TPSA) is 48.1 Å². The Kier molecular flexibility index (Phi) is 3.49. The van der Waals surface area contributed by atoms with Gasteiger partial charge in [0.25, 0.3) is 0 Å². The zero-order valence-corrected chi connectivity index (χ0v) is 10.2. The molecular formula is C13H13ClN2O. The average Bonchev–Trinajstić information content (AvgIpc) is 2.35. The second-order valence-corrected chi connectivity index (χ2v) is 4.17. The first-order valence-corrected chi connectivity index (χ1v) is 5.66. The summed E-state index contributed by atoms with van der Waals surface area (Å²) in [4.78, 5) is 4.05. The molecule has 0 aliphatic heterocycles. The molecule has 1 heterocycles. The highest BCUT2D eigenvalue weighted by molar-refractivity contribution is 6.30. The largest absolute Gasteiger partial charge is 0.484 e. The molecule has 0 aliphatic rings. The molecule has 0 fully saturated rings. The van der Waals surface area contributed by atoms with Gasteiger partial charge in [-0.05, 0) is 25.1 Å². The molecule has 2 aromatic rings. The molecule has 2 N–H and O–H groups in total. The standard InChI is InChI=1S/C13H13ClN2O/c1-9(10-3-2-6-16-8-10)17-13-7-11(14)4-5-12(13)15/h2-9H,15H2,1H3. The normalized spacial score (nSPS) is 12.1. The van der Waals surface area contributed by atoms with Gasteiger partial charge in [0.2, 0.25) is 0 Å². The van der Waals surface area contributed by atoms with Crippen molar-refractivity contribution in [2.45, 2.75) is 13.0 Å². The van der Waals surface area contributed by atoms with Crippen molar-refractivity contribution in [3.05, 3.63) is 53.3 Å². The van der Waals surface area contributed by atoms with Crippen molar-refractivity contribution in [1.29, 1.82) is 0 Å². The van der Waals surface area contributed by atoms with E-state index in [1.807, 2.05) is 19.1 Å². The third-order valence-corrected chi connectivity index (χ3v) is 2.67. The van der Waals surface area contributed by atoms with Gasteiger partial charge < -0.3 is 10.5 Å². The lowest BCUT2D eigenvalue weighted by Gasteiger charge is -2.16. The molecule has 4 heteroatoms. The van der Waals surface area contributed by atoms with Crippen LogP contribution in [0.3, 0.4) is 0 Å². The Hall–Kier alpha value is -1.74. The molecule has 0 aliphatic carbocycles. The van der Waals surface area contributed by atoms with Gasteiger partial charge in [-0.3, -0.25) is 4.98 Å². The number of hydrogen-bond donors (Lipinski definition) is 1. The van der Waals surface area contributed by atoms with Gasteiger partial charge in [0.05, 0.1) is 5.69 Å². The quantitative estimate of drug-likeness (QED) is 0.847. The van der Waals surface area contributed by atoms with Crippen LogP contribution >= 0.6 is 11.6 Å². The number of halogens is 1. The summed E-state index contributed by atoms with van der Waals surface area (Å²) >= 11 is 5.90. The third-order valence-electron chi connectivity index (χ3n) is 2.43. The van der Waals surface area contributed by atoms with Gasteiger partial charge in [0, 0.05) is 29.0 Å². The molecule has 17 heavy (non-hydrogen) atoms. The second kappa shape index (κ2) is 5.06. The summed E-state index contributed by atoms with van der Waals surface area (Å²) in [5.74, 6) is 0.592. The Balaban J connectivity index is 2.18. The molecule has 0 amide bonds. The van der Waals surface area contributed by atoms with Crippen LogP contribution in [0.5, 0.6) is 5.75 Å². The van der Waals surface area contributed by atoms with Crippen molar-refractivity contribution in [1.82, 2.24) is 4.98 Å². The first-order valence-electron chi connectivity index (χ1n) is 5.28. The molecule has 0 saturated carbocycles. The van der Waals surface area contributed by atoms with Crippen LogP contribution in [-0.2, 0) is 0 Å². The molecule has 1 atom stereocenters. The molecule has 1 aromatic heterocycles. The van der Waals surface area contributed by atoms with E-state index in [-0.39, 0.29) is 6.10 Å². The number of rotatable bonds is 3. The number of ether oxygens (including phenoxy) is 1. The van der Waals surface area contributed by atoms with E-state index < -0.39 is 0 Å². The minimum Gasteiger partial charge on any atom is -0.484 e. The lowest BCUT2D eigenvalue weighted by molar-refractivity contribution is 0.228. The minimum atomic E-state index is -0.121. The molecule has 0 radical (unpaired) electrons. The monoisotopic (exact) mass is 248 g/mol. The van der Waals surface area contributed by atoms with Crippen LogP contribution < -0.4 is 10.5 Å². The Morgan fingerprint density at radius 2 is 2.18 bits per heavy atom. The van der Waals surface area contributed by atoms with Gasteiger partial charge in [-0.2, -0.15) is 0 Å². The predicted molar refractivity (Wildman–Crippen MR) is 69.1 cm³/mol. The Bertz CT molecular complexity index is 502. The van der Waals surface area contributed by atoms with Crippen LogP contribution in [-0.4, -0.2) is 4.98 Å². The van der Waals surface area contributed by atoms with Gasteiger partial charge in [-0.15, -0.1) is 0 Å². The summed E-state index contributed by atoms with van der Waals surface area (Å²) in [7, 11) is 0. The SMILES string of the molecule is CC(Oc1cc(Cl)ccc1N)c1cccnc1. The number of nitrogens with two attached hydrogens (primary N) is 1. The van der Waals surface area contributed by atoms with Crippen LogP contribution in [0.2, 0.25) is 5.02 Å². The zero-order chi connectivity index (χ0) is 12.3. The van der Waals surface area contributed by atoms with E-state index in [0.29, 0.717) is 16.5 Å². The van der Waals surface area contributed by atoms with E-state index in [0.717, 1.165) is 5.56 Å². The van der Waals surface area contributed by atoms with Crippen molar-refractivity contribution in [3.63, 3.8) is 0 Å². The van der Waals surface area contributed by atoms with Gasteiger partial charge in [0.15, 0.2) is 0 Å². The predicted octanol–water partition coefficient (Wildman–Crippen LogP) is 3.46. The summed E-state index contributed by atoms with van der Waals surface area (Å²) in [6.07, 6.45) is 3.37. The first-order chi connectivity index (χ1) is 8.16. The van der Waals surface area contributed by atoms with Crippen LogP contribution in [0.4, 0.5) is 5.69 Å². The van der Waals surface area contributed by atoms with E-state index >= 15 is 0 Å². The third kappa shape index (κ3) is 2.88. The fourth-order valence-corrected chi connectivity index (χ4v) is 1.65. The maximum Gasteiger partial charge on any atom is 0.144 e. The van der Waals surface area contributed by atoms with E-state index in [4.69, 9.17) is 22.1 Å². The minimum absolute atomic E-state index is 0.121. The molecular weight excluding hydrogens is 236 g/mol. The van der Waals surface area contributed by atoms with Crippen molar-refractivity contribution in [2.24, 2.45) is 0 Å². The van der Waals surface area contributed by atoms with Crippen molar-refractivity contribution in [3.8, 4) is 5.75 Å². The highest BCUT2D eigenvalue weighted by atomic mass is 35.5. The number of pyridine rings is 1. The smallest absolute Gasteiger partial charge is 0.144 e. The maximum atomic E-state index is 5.90. The highest BCUT2D eigenvalue weighted by Crippen LogP contribution is 2.29. The molecule has 2 rings (SSSR count). The van der Waals surface area contributed by atoms with E-state index in [2.05, 4.69) is 4.98 Å². The highest BCUT2D eigenvalue weighted by Gasteiger charge is 2.09. The number of benzene rings is 1. The summed E-state index contributed by atoms with van der Waals surface area (Å²) in [5.41, 5.74) is 7.38. The van der Waals surface area contributed by atoms with Gasteiger partial charge in [0.1, 0.15) is 11.9 Å². The Morgan fingerprint density at radius 1 is 1.35 bits per heavy atom. The van der Waals surface area contributed by atoms with Gasteiger partial charge >= 0.3 is 0 Å². The fourth-order valence-electron chi connectivity index (χ4n) is 1.49. The lowest BCUT2D eigenvalue weighted by Crippen LogP contribution is -2.05. The summed E-state index contributed by atoms with van der Waals surface area (Å²) in [5, 5.41) is 0.604. The van der Waals surface area contributed by atoms with Gasteiger partial charge in [-0.25, -0.2) is 0 Å². The molecule has 88 valence electrons. The van der Waals surface area contributed by atoms with Crippen LogP contribution in [0.1, 0.15) is 18.6 Å². The first kappa shape index (κ1) is 11.7. The van der Waals surface area contributed by atoms with Crippen molar-refractivity contribution >= 4 is 17.3 Å². The molecule has 1 aromatic carbocycles. The van der Waals surface area contributed by atoms with E-state index in [1.54, 1.807) is 30.6 Å². The van der Waals surface area contributed by atoms with Crippen molar-refractivity contribution in [2.75, 3.05) is 5.73 Å². The number of hydrogen-bond acceptors (Lipinski definition) is 3. The fraction of sp³-hybridized carbons (Fsp3) is 0.154.